The van der Waals surface area contributed by atoms with Gasteiger partial charge in [-0.1, -0.05) is 26.2 Å². The Labute approximate surface area is 133 Å². The number of carbonyl (C=O) groups excluding carboxylic acids is 1. The summed E-state index contributed by atoms with van der Waals surface area (Å²) >= 11 is 0. The van der Waals surface area contributed by atoms with E-state index in [1.165, 1.54) is 25.7 Å². The maximum atomic E-state index is 12.4. The molecule has 0 spiro atoms. The molecule has 0 saturated heterocycles. The lowest BCUT2D eigenvalue weighted by molar-refractivity contribution is 0.0942. The predicted molar refractivity (Wildman–Crippen MR) is 86.9 cm³/mol. The Balaban J connectivity index is 1.94. The molecule has 1 amide bonds. The first-order valence-corrected chi connectivity index (χ1v) is 8.60. The Morgan fingerprint density at radius 1 is 1.45 bits per heavy atom. The van der Waals surface area contributed by atoms with E-state index < -0.39 is 0 Å². The van der Waals surface area contributed by atoms with E-state index in [9.17, 15) is 4.79 Å². The molecule has 1 fully saturated rings. The Kier molecular flexibility index (Phi) is 6.43. The van der Waals surface area contributed by atoms with E-state index in [-0.39, 0.29) is 12.5 Å². The van der Waals surface area contributed by atoms with Crippen LogP contribution in [-0.4, -0.2) is 33.9 Å². The summed E-state index contributed by atoms with van der Waals surface area (Å²) in [6, 6.07) is 0.462. The number of rotatable bonds is 8. The zero-order valence-corrected chi connectivity index (χ0v) is 13.8. The van der Waals surface area contributed by atoms with Gasteiger partial charge in [-0.2, -0.15) is 5.10 Å². The highest BCUT2D eigenvalue weighted by molar-refractivity contribution is 5.95. The maximum absolute atomic E-state index is 12.4. The molecule has 2 rings (SSSR count). The second-order valence-electron chi connectivity index (χ2n) is 6.40. The average molecular weight is 307 g/mol. The quantitative estimate of drug-likeness (QED) is 0.776. The highest BCUT2D eigenvalue weighted by atomic mass is 16.3. The molecule has 2 N–H and O–H groups in total. The summed E-state index contributed by atoms with van der Waals surface area (Å²) in [4.78, 5) is 12.4. The molecule has 0 aromatic carbocycles. The fourth-order valence-corrected chi connectivity index (χ4v) is 3.43. The van der Waals surface area contributed by atoms with E-state index >= 15 is 0 Å². The highest BCUT2D eigenvalue weighted by Crippen LogP contribution is 2.30. The standard InChI is InChI=1S/C17H29N3O2/c1-3-6-14(9-10-21)11-18-17(22)16-12-19-20(13(16)2)15-7-4-5-8-15/h12,14-15,21H,3-11H2,1-2H3,(H,18,22). The molecule has 1 atom stereocenters. The van der Waals surface area contributed by atoms with Crippen LogP contribution >= 0.6 is 0 Å². The lowest BCUT2D eigenvalue weighted by Gasteiger charge is -2.16. The molecular weight excluding hydrogens is 278 g/mol. The third kappa shape index (κ3) is 4.09. The van der Waals surface area contributed by atoms with Crippen molar-refractivity contribution in [3.05, 3.63) is 17.5 Å². The monoisotopic (exact) mass is 307 g/mol. The highest BCUT2D eigenvalue weighted by Gasteiger charge is 2.22. The van der Waals surface area contributed by atoms with E-state index in [0.29, 0.717) is 24.1 Å². The number of aliphatic hydroxyl groups is 1. The molecule has 0 radical (unpaired) electrons. The van der Waals surface area contributed by atoms with Crippen LogP contribution in [-0.2, 0) is 0 Å². The van der Waals surface area contributed by atoms with Crippen LogP contribution in [0.25, 0.3) is 0 Å². The van der Waals surface area contributed by atoms with Gasteiger partial charge in [0.25, 0.3) is 5.91 Å². The first kappa shape index (κ1) is 17.0. The molecule has 1 saturated carbocycles. The van der Waals surface area contributed by atoms with E-state index in [1.54, 1.807) is 6.20 Å². The third-order valence-electron chi connectivity index (χ3n) is 4.75. The van der Waals surface area contributed by atoms with Crippen LogP contribution in [0.3, 0.4) is 0 Å². The lowest BCUT2D eigenvalue weighted by atomic mass is 10.00. The normalized spacial score (nSPS) is 16.9. The van der Waals surface area contributed by atoms with Crippen molar-refractivity contribution >= 4 is 5.91 Å². The minimum Gasteiger partial charge on any atom is -0.396 e. The Hall–Kier alpha value is -1.36. The third-order valence-corrected chi connectivity index (χ3v) is 4.75. The van der Waals surface area contributed by atoms with Gasteiger partial charge in [-0.3, -0.25) is 9.48 Å². The smallest absolute Gasteiger partial charge is 0.254 e. The summed E-state index contributed by atoms with van der Waals surface area (Å²) in [6.45, 7) is 4.92. The van der Waals surface area contributed by atoms with Crippen molar-refractivity contribution in [3.8, 4) is 0 Å². The second-order valence-corrected chi connectivity index (χ2v) is 6.40. The molecule has 1 aromatic rings. The molecular formula is C17H29N3O2. The molecule has 0 bridgehead atoms. The number of nitrogens with zero attached hydrogens (tertiary/aromatic N) is 2. The molecule has 1 aromatic heterocycles. The Morgan fingerprint density at radius 3 is 2.82 bits per heavy atom. The van der Waals surface area contributed by atoms with Crippen LogP contribution in [0.5, 0.6) is 0 Å². The van der Waals surface area contributed by atoms with Gasteiger partial charge in [-0.15, -0.1) is 0 Å². The van der Waals surface area contributed by atoms with Crippen LogP contribution < -0.4 is 5.32 Å². The predicted octanol–water partition coefficient (Wildman–Crippen LogP) is 2.84. The van der Waals surface area contributed by atoms with Crippen molar-refractivity contribution in [2.75, 3.05) is 13.2 Å². The molecule has 1 aliphatic rings. The van der Waals surface area contributed by atoms with Crippen LogP contribution in [0, 0.1) is 12.8 Å². The summed E-state index contributed by atoms with van der Waals surface area (Å²) < 4.78 is 2.03. The van der Waals surface area contributed by atoms with Gasteiger partial charge in [-0.05, 0) is 38.5 Å². The van der Waals surface area contributed by atoms with E-state index in [1.807, 2.05) is 11.6 Å². The fourth-order valence-electron chi connectivity index (χ4n) is 3.43. The Morgan fingerprint density at radius 2 is 2.18 bits per heavy atom. The van der Waals surface area contributed by atoms with Gasteiger partial charge in [0.1, 0.15) is 0 Å². The second kappa shape index (κ2) is 8.32. The van der Waals surface area contributed by atoms with Crippen LogP contribution in [0.2, 0.25) is 0 Å². The van der Waals surface area contributed by atoms with Gasteiger partial charge in [0, 0.05) is 18.8 Å². The van der Waals surface area contributed by atoms with Gasteiger partial charge in [-0.25, -0.2) is 0 Å². The Bertz CT molecular complexity index is 472. The van der Waals surface area contributed by atoms with Gasteiger partial charge in [0.05, 0.1) is 17.8 Å². The summed E-state index contributed by atoms with van der Waals surface area (Å²) in [7, 11) is 0. The summed E-state index contributed by atoms with van der Waals surface area (Å²) in [5.74, 6) is 0.310. The number of carbonyl (C=O) groups is 1. The number of hydrogen-bond acceptors (Lipinski definition) is 3. The van der Waals surface area contributed by atoms with Crippen molar-refractivity contribution in [1.82, 2.24) is 15.1 Å². The minimum atomic E-state index is -0.0409. The number of hydrogen-bond donors (Lipinski definition) is 2. The number of aromatic nitrogens is 2. The molecule has 124 valence electrons. The van der Waals surface area contributed by atoms with Crippen LogP contribution in [0.4, 0.5) is 0 Å². The van der Waals surface area contributed by atoms with Gasteiger partial charge in [0.15, 0.2) is 0 Å². The summed E-state index contributed by atoms with van der Waals surface area (Å²) in [5, 5.41) is 16.5. The molecule has 5 nitrogen and oxygen atoms in total. The first-order chi connectivity index (χ1) is 10.7. The lowest BCUT2D eigenvalue weighted by Crippen LogP contribution is -2.30. The minimum absolute atomic E-state index is 0.0409. The number of amides is 1. The first-order valence-electron chi connectivity index (χ1n) is 8.60. The molecule has 1 heterocycles. The van der Waals surface area contributed by atoms with Crippen molar-refractivity contribution in [1.29, 1.82) is 0 Å². The van der Waals surface area contributed by atoms with Gasteiger partial charge < -0.3 is 10.4 Å². The zero-order chi connectivity index (χ0) is 15.9. The van der Waals surface area contributed by atoms with Crippen molar-refractivity contribution < 1.29 is 9.90 Å². The fraction of sp³-hybridized carbons (Fsp3) is 0.765. The van der Waals surface area contributed by atoms with Crippen LogP contribution in [0.15, 0.2) is 6.20 Å². The molecule has 1 aliphatic carbocycles. The summed E-state index contributed by atoms with van der Waals surface area (Å²) in [5.41, 5.74) is 1.66. The average Bonchev–Trinajstić information content (AvgIpc) is 3.14. The summed E-state index contributed by atoms with van der Waals surface area (Å²) in [6.07, 6.45) is 9.38. The SMILES string of the molecule is CCCC(CCO)CNC(=O)c1cnn(C2CCCC2)c1C. The molecule has 22 heavy (non-hydrogen) atoms. The van der Waals surface area contributed by atoms with Crippen molar-refractivity contribution in [2.45, 2.75) is 64.8 Å². The zero-order valence-electron chi connectivity index (χ0n) is 13.8. The molecule has 5 heteroatoms. The van der Waals surface area contributed by atoms with Crippen LogP contribution in [0.1, 0.15) is 74.0 Å². The number of nitrogens with one attached hydrogen (secondary N) is 1. The topological polar surface area (TPSA) is 67.2 Å². The van der Waals surface area contributed by atoms with Gasteiger partial charge in [0.2, 0.25) is 0 Å². The molecule has 0 aliphatic heterocycles. The van der Waals surface area contributed by atoms with Gasteiger partial charge >= 0.3 is 0 Å². The molecule has 1 unspecified atom stereocenters. The van der Waals surface area contributed by atoms with E-state index in [4.69, 9.17) is 5.11 Å². The largest absolute Gasteiger partial charge is 0.396 e. The number of aliphatic hydroxyl groups excluding tert-OH is 1. The van der Waals surface area contributed by atoms with E-state index in [2.05, 4.69) is 17.3 Å². The van der Waals surface area contributed by atoms with E-state index in [0.717, 1.165) is 25.0 Å². The van der Waals surface area contributed by atoms with Crippen molar-refractivity contribution in [3.63, 3.8) is 0 Å². The van der Waals surface area contributed by atoms with Crippen molar-refractivity contribution in [2.24, 2.45) is 5.92 Å². The maximum Gasteiger partial charge on any atom is 0.254 e.